The molecule has 0 spiro atoms. The second kappa shape index (κ2) is 5.28. The van der Waals surface area contributed by atoms with Gasteiger partial charge >= 0.3 is 0 Å². The van der Waals surface area contributed by atoms with Crippen molar-refractivity contribution in [2.75, 3.05) is 7.11 Å². The number of aromatic nitrogens is 1. The molecule has 0 amide bonds. The van der Waals surface area contributed by atoms with E-state index in [4.69, 9.17) is 4.74 Å². The monoisotopic (exact) mass is 244 g/mol. The quantitative estimate of drug-likeness (QED) is 0.796. The zero-order valence-corrected chi connectivity index (χ0v) is 10.4. The van der Waals surface area contributed by atoms with E-state index in [1.54, 1.807) is 31.6 Å². The van der Waals surface area contributed by atoms with Crippen molar-refractivity contribution in [3.8, 4) is 6.07 Å². The molecule has 4 heteroatoms. The van der Waals surface area contributed by atoms with Gasteiger partial charge in [0, 0.05) is 25.9 Å². The highest BCUT2D eigenvalue weighted by atomic mass is 16.5. The van der Waals surface area contributed by atoms with Crippen LogP contribution in [0.5, 0.6) is 0 Å². The summed E-state index contributed by atoms with van der Waals surface area (Å²) in [5, 5.41) is 9.18. The average Bonchev–Trinajstić information content (AvgIpc) is 2.36. The average molecular weight is 244 g/mol. The summed E-state index contributed by atoms with van der Waals surface area (Å²) in [6, 6.07) is 5.51. The molecule has 1 aromatic rings. The smallest absolute Gasteiger partial charge is 0.157 e. The molecule has 0 aliphatic heterocycles. The third-order valence-corrected chi connectivity index (χ3v) is 3.68. The molecule has 0 N–H and O–H groups in total. The first-order chi connectivity index (χ1) is 8.71. The van der Waals surface area contributed by atoms with Crippen LogP contribution in [-0.2, 0) is 9.53 Å². The van der Waals surface area contributed by atoms with Crippen LogP contribution in [0, 0.1) is 11.3 Å². The Morgan fingerprint density at radius 1 is 1.56 bits per heavy atom. The topological polar surface area (TPSA) is 63.0 Å². The summed E-state index contributed by atoms with van der Waals surface area (Å²) in [4.78, 5) is 16.1. The maximum absolute atomic E-state index is 12.2. The molecule has 1 heterocycles. The molecule has 94 valence electrons. The molecule has 0 bridgehead atoms. The van der Waals surface area contributed by atoms with Gasteiger partial charge in [0.15, 0.2) is 5.78 Å². The fraction of sp³-hybridized carbons (Fsp3) is 0.500. The van der Waals surface area contributed by atoms with Gasteiger partial charge in [0.1, 0.15) is 5.92 Å². The van der Waals surface area contributed by atoms with E-state index in [9.17, 15) is 10.1 Å². The van der Waals surface area contributed by atoms with Crippen LogP contribution in [-0.4, -0.2) is 23.5 Å². The van der Waals surface area contributed by atoms with E-state index in [0.29, 0.717) is 12.0 Å². The second-order valence-electron chi connectivity index (χ2n) is 4.73. The first kappa shape index (κ1) is 12.7. The van der Waals surface area contributed by atoms with E-state index in [1.807, 2.05) is 0 Å². The van der Waals surface area contributed by atoms with Crippen LogP contribution < -0.4 is 0 Å². The third-order valence-electron chi connectivity index (χ3n) is 3.68. The Morgan fingerprint density at radius 3 is 2.67 bits per heavy atom. The van der Waals surface area contributed by atoms with Gasteiger partial charge in [0.2, 0.25) is 0 Å². The van der Waals surface area contributed by atoms with Crippen LogP contribution in [0.3, 0.4) is 0 Å². The molecule has 1 saturated carbocycles. The van der Waals surface area contributed by atoms with Gasteiger partial charge in [-0.2, -0.15) is 5.26 Å². The minimum atomic E-state index is -0.708. The minimum Gasteiger partial charge on any atom is -0.378 e. The number of nitriles is 1. The van der Waals surface area contributed by atoms with Gasteiger partial charge in [-0.3, -0.25) is 9.78 Å². The van der Waals surface area contributed by atoms with E-state index in [1.165, 1.54) is 0 Å². The summed E-state index contributed by atoms with van der Waals surface area (Å²) in [6.07, 6.45) is 6.43. The SMILES string of the molecule is COC1(CC(=O)C(C#N)c2ccncc2)CCC1. The van der Waals surface area contributed by atoms with Crippen molar-refractivity contribution >= 4 is 5.78 Å². The van der Waals surface area contributed by atoms with Gasteiger partial charge < -0.3 is 4.74 Å². The van der Waals surface area contributed by atoms with Gasteiger partial charge in [0.05, 0.1) is 11.7 Å². The Kier molecular flexibility index (Phi) is 3.73. The fourth-order valence-corrected chi connectivity index (χ4v) is 2.33. The molecule has 1 unspecified atom stereocenters. The molecule has 4 nitrogen and oxygen atoms in total. The summed E-state index contributed by atoms with van der Waals surface area (Å²) in [5.41, 5.74) is 0.391. The van der Waals surface area contributed by atoms with Crippen LogP contribution >= 0.6 is 0 Å². The zero-order chi connectivity index (χ0) is 13.0. The van der Waals surface area contributed by atoms with Gasteiger partial charge in [-0.1, -0.05) is 0 Å². The predicted molar refractivity (Wildman–Crippen MR) is 65.8 cm³/mol. The molecule has 0 radical (unpaired) electrons. The van der Waals surface area contributed by atoms with Crippen molar-refractivity contribution in [2.45, 2.75) is 37.2 Å². The second-order valence-corrected chi connectivity index (χ2v) is 4.73. The maximum atomic E-state index is 12.2. The zero-order valence-electron chi connectivity index (χ0n) is 10.4. The largest absolute Gasteiger partial charge is 0.378 e. The number of rotatable bonds is 5. The summed E-state index contributed by atoms with van der Waals surface area (Å²) in [5.74, 6) is -0.772. The summed E-state index contributed by atoms with van der Waals surface area (Å²) in [7, 11) is 1.64. The Bertz CT molecular complexity index is 455. The Morgan fingerprint density at radius 2 is 2.22 bits per heavy atom. The van der Waals surface area contributed by atoms with E-state index in [0.717, 1.165) is 19.3 Å². The Labute approximate surface area is 107 Å². The number of ether oxygens (including phenoxy) is 1. The van der Waals surface area contributed by atoms with Crippen LogP contribution in [0.1, 0.15) is 37.2 Å². The number of methoxy groups -OCH3 is 1. The molecule has 1 aliphatic rings. The molecular weight excluding hydrogens is 228 g/mol. The molecule has 0 saturated heterocycles. The number of pyridine rings is 1. The number of Topliss-reactive ketones (excluding diaryl/α,β-unsaturated/α-hetero) is 1. The lowest BCUT2D eigenvalue weighted by atomic mass is 9.74. The van der Waals surface area contributed by atoms with Crippen molar-refractivity contribution in [2.24, 2.45) is 0 Å². The number of carbonyl (C=O) groups excluding carboxylic acids is 1. The third kappa shape index (κ3) is 2.41. The van der Waals surface area contributed by atoms with Gasteiger partial charge in [0.25, 0.3) is 0 Å². The van der Waals surface area contributed by atoms with Crippen molar-refractivity contribution in [1.82, 2.24) is 4.98 Å². The maximum Gasteiger partial charge on any atom is 0.157 e. The molecule has 18 heavy (non-hydrogen) atoms. The number of hydrogen-bond donors (Lipinski definition) is 0. The lowest BCUT2D eigenvalue weighted by Gasteiger charge is -2.40. The predicted octanol–water partition coefficient (Wildman–Crippen LogP) is 2.22. The lowest BCUT2D eigenvalue weighted by Crippen LogP contribution is -2.42. The molecule has 1 aromatic heterocycles. The van der Waals surface area contributed by atoms with E-state index in [2.05, 4.69) is 11.1 Å². The standard InChI is InChI=1S/C14H16N2O2/c1-18-14(5-2-6-14)9-13(17)12(10-15)11-3-7-16-8-4-11/h3-4,7-8,12H,2,5-6,9H2,1H3. The van der Waals surface area contributed by atoms with Crippen molar-refractivity contribution in [1.29, 1.82) is 5.26 Å². The summed E-state index contributed by atoms with van der Waals surface area (Å²) < 4.78 is 5.43. The van der Waals surface area contributed by atoms with E-state index in [-0.39, 0.29) is 11.4 Å². The fourth-order valence-electron chi connectivity index (χ4n) is 2.33. The van der Waals surface area contributed by atoms with Gasteiger partial charge in [-0.25, -0.2) is 0 Å². The number of hydrogen-bond acceptors (Lipinski definition) is 4. The highest BCUT2D eigenvalue weighted by Gasteiger charge is 2.40. The van der Waals surface area contributed by atoms with Gasteiger partial charge in [-0.05, 0) is 37.0 Å². The molecular formula is C14H16N2O2. The van der Waals surface area contributed by atoms with Crippen molar-refractivity contribution < 1.29 is 9.53 Å². The molecule has 0 aromatic carbocycles. The molecule has 1 atom stereocenters. The minimum absolute atomic E-state index is 0.0646. The summed E-state index contributed by atoms with van der Waals surface area (Å²) >= 11 is 0. The highest BCUT2D eigenvalue weighted by molar-refractivity contribution is 5.89. The highest BCUT2D eigenvalue weighted by Crippen LogP contribution is 2.39. The number of nitrogens with zero attached hydrogens (tertiary/aromatic N) is 2. The Hall–Kier alpha value is -1.73. The Balaban J connectivity index is 2.10. The number of carbonyl (C=O) groups is 1. The summed E-state index contributed by atoms with van der Waals surface area (Å²) in [6.45, 7) is 0. The first-order valence-corrected chi connectivity index (χ1v) is 6.08. The van der Waals surface area contributed by atoms with E-state index >= 15 is 0 Å². The molecule has 2 rings (SSSR count). The molecule has 1 aliphatic carbocycles. The lowest BCUT2D eigenvalue weighted by molar-refractivity contribution is -0.132. The van der Waals surface area contributed by atoms with Crippen LogP contribution in [0.15, 0.2) is 24.5 Å². The van der Waals surface area contributed by atoms with E-state index < -0.39 is 5.92 Å². The number of ketones is 1. The van der Waals surface area contributed by atoms with Crippen molar-refractivity contribution in [3.63, 3.8) is 0 Å². The van der Waals surface area contributed by atoms with Crippen LogP contribution in [0.25, 0.3) is 0 Å². The van der Waals surface area contributed by atoms with Crippen LogP contribution in [0.4, 0.5) is 0 Å². The van der Waals surface area contributed by atoms with Crippen LogP contribution in [0.2, 0.25) is 0 Å². The normalized spacial score (nSPS) is 18.4. The first-order valence-electron chi connectivity index (χ1n) is 6.08. The van der Waals surface area contributed by atoms with Gasteiger partial charge in [-0.15, -0.1) is 0 Å². The molecule has 1 fully saturated rings. The van der Waals surface area contributed by atoms with Crippen molar-refractivity contribution in [3.05, 3.63) is 30.1 Å².